The van der Waals surface area contributed by atoms with Crippen LogP contribution in [0.25, 0.3) is 0 Å². The van der Waals surface area contributed by atoms with Crippen molar-refractivity contribution in [3.05, 3.63) is 42.8 Å². The van der Waals surface area contributed by atoms with Crippen LogP contribution in [-0.4, -0.2) is 61.5 Å². The molecule has 9 nitrogen and oxygen atoms in total. The second-order valence-electron chi connectivity index (χ2n) is 7.16. The van der Waals surface area contributed by atoms with Crippen molar-refractivity contribution >= 4 is 11.6 Å². The molecule has 4 rings (SSSR count). The van der Waals surface area contributed by atoms with E-state index in [9.17, 15) is 0 Å². The topological polar surface area (TPSA) is 80.8 Å². The van der Waals surface area contributed by atoms with Crippen molar-refractivity contribution in [3.8, 4) is 0 Å². The molecule has 4 heterocycles. The summed E-state index contributed by atoms with van der Waals surface area (Å²) in [4.78, 5) is 17.2. The Hall–Kier alpha value is -2.97. The Bertz CT molecular complexity index is 876. The Morgan fingerprint density at radius 1 is 1.15 bits per heavy atom. The van der Waals surface area contributed by atoms with Crippen molar-refractivity contribution < 1.29 is 0 Å². The molecule has 0 N–H and O–H groups in total. The summed E-state index contributed by atoms with van der Waals surface area (Å²) < 4.78 is 4.14. The summed E-state index contributed by atoms with van der Waals surface area (Å²) in [6.45, 7) is 2.60. The monoisotopic (exact) mass is 367 g/mol. The van der Waals surface area contributed by atoms with Gasteiger partial charge >= 0.3 is 0 Å². The molecule has 0 aromatic carbocycles. The maximum absolute atomic E-state index is 4.48. The summed E-state index contributed by atoms with van der Waals surface area (Å²) in [5.41, 5.74) is 0. The molecule has 0 spiro atoms. The van der Waals surface area contributed by atoms with Crippen LogP contribution in [0.15, 0.2) is 31.1 Å². The van der Waals surface area contributed by atoms with Crippen LogP contribution >= 0.6 is 0 Å². The third-order valence-corrected chi connectivity index (χ3v) is 5.16. The third kappa shape index (κ3) is 3.62. The summed E-state index contributed by atoms with van der Waals surface area (Å²) in [6, 6.07) is 2.05. The van der Waals surface area contributed by atoms with Gasteiger partial charge in [0.25, 0.3) is 0 Å². The van der Waals surface area contributed by atoms with Gasteiger partial charge in [-0.15, -0.1) is 10.2 Å². The first kappa shape index (κ1) is 17.4. The van der Waals surface area contributed by atoms with Gasteiger partial charge in [0.1, 0.15) is 23.8 Å². The molecular formula is C18H25N9. The average Bonchev–Trinajstić information content (AvgIpc) is 3.33. The van der Waals surface area contributed by atoms with Gasteiger partial charge in [0.2, 0.25) is 0 Å². The molecule has 0 atom stereocenters. The van der Waals surface area contributed by atoms with E-state index in [0.717, 1.165) is 49.2 Å². The SMILES string of the molecule is CN(C)c1cc(N2CCC(c3nnc(Cn4ccnc4)n3C)CC2)ncn1. The van der Waals surface area contributed by atoms with Crippen molar-refractivity contribution in [2.75, 3.05) is 37.0 Å². The van der Waals surface area contributed by atoms with E-state index in [1.165, 1.54) is 0 Å². The number of nitrogens with zero attached hydrogens (tertiary/aromatic N) is 9. The van der Waals surface area contributed by atoms with Gasteiger partial charge in [0.15, 0.2) is 5.82 Å². The molecule has 3 aromatic rings. The minimum Gasteiger partial charge on any atom is -0.363 e. The van der Waals surface area contributed by atoms with Crippen molar-refractivity contribution in [2.45, 2.75) is 25.3 Å². The normalized spacial score (nSPS) is 15.3. The molecule has 0 amide bonds. The summed E-state index contributed by atoms with van der Waals surface area (Å²) in [5, 5.41) is 8.88. The van der Waals surface area contributed by atoms with E-state index in [4.69, 9.17) is 0 Å². The molecule has 1 saturated heterocycles. The highest BCUT2D eigenvalue weighted by Crippen LogP contribution is 2.29. The lowest BCUT2D eigenvalue weighted by atomic mass is 9.96. The number of anilines is 2. The first-order valence-corrected chi connectivity index (χ1v) is 9.20. The minimum absolute atomic E-state index is 0.422. The molecule has 142 valence electrons. The van der Waals surface area contributed by atoms with E-state index in [0.29, 0.717) is 12.5 Å². The van der Waals surface area contributed by atoms with E-state index >= 15 is 0 Å². The fourth-order valence-corrected chi connectivity index (χ4v) is 3.53. The van der Waals surface area contributed by atoms with Gasteiger partial charge < -0.3 is 18.9 Å². The number of piperidine rings is 1. The Morgan fingerprint density at radius 3 is 2.67 bits per heavy atom. The van der Waals surface area contributed by atoms with Crippen molar-refractivity contribution in [2.24, 2.45) is 7.05 Å². The molecule has 1 aliphatic heterocycles. The smallest absolute Gasteiger partial charge is 0.152 e. The van der Waals surface area contributed by atoms with Gasteiger partial charge in [0, 0.05) is 58.6 Å². The van der Waals surface area contributed by atoms with Crippen molar-refractivity contribution in [3.63, 3.8) is 0 Å². The predicted octanol–water partition coefficient (Wildman–Crippen LogP) is 1.30. The Labute approximate surface area is 158 Å². The van der Waals surface area contributed by atoms with Gasteiger partial charge in [-0.1, -0.05) is 0 Å². The zero-order valence-corrected chi connectivity index (χ0v) is 16.0. The number of rotatable bonds is 5. The van der Waals surface area contributed by atoms with Crippen LogP contribution in [0.2, 0.25) is 0 Å². The highest BCUT2D eigenvalue weighted by molar-refractivity contribution is 5.49. The first-order chi connectivity index (χ1) is 13.1. The van der Waals surface area contributed by atoms with Crippen molar-refractivity contribution in [1.82, 2.24) is 34.3 Å². The van der Waals surface area contributed by atoms with E-state index in [2.05, 4.69) is 41.7 Å². The maximum atomic E-state index is 4.48. The lowest BCUT2D eigenvalue weighted by Crippen LogP contribution is -2.34. The molecule has 0 aliphatic carbocycles. The largest absolute Gasteiger partial charge is 0.363 e. The van der Waals surface area contributed by atoms with E-state index in [-0.39, 0.29) is 0 Å². The third-order valence-electron chi connectivity index (χ3n) is 5.16. The number of hydrogen-bond acceptors (Lipinski definition) is 7. The number of aromatic nitrogens is 7. The fraction of sp³-hybridized carbons (Fsp3) is 0.500. The van der Waals surface area contributed by atoms with E-state index in [1.54, 1.807) is 18.9 Å². The molecule has 9 heteroatoms. The molecule has 3 aromatic heterocycles. The lowest BCUT2D eigenvalue weighted by Gasteiger charge is -2.32. The summed E-state index contributed by atoms with van der Waals surface area (Å²) >= 11 is 0. The molecule has 1 fully saturated rings. The van der Waals surface area contributed by atoms with Crippen LogP contribution in [-0.2, 0) is 13.6 Å². The quantitative estimate of drug-likeness (QED) is 0.672. The van der Waals surface area contributed by atoms with Crippen LogP contribution in [0.5, 0.6) is 0 Å². The summed E-state index contributed by atoms with van der Waals surface area (Å²) in [7, 11) is 6.04. The molecular weight excluding hydrogens is 342 g/mol. The molecule has 27 heavy (non-hydrogen) atoms. The van der Waals surface area contributed by atoms with Gasteiger partial charge in [-0.3, -0.25) is 0 Å². The van der Waals surface area contributed by atoms with Crippen LogP contribution in [0.3, 0.4) is 0 Å². The standard InChI is InChI=1S/C18H25N9/c1-24(2)15-10-16(21-12-20-15)27-7-4-14(5-8-27)18-23-22-17(25(18)3)11-26-9-6-19-13-26/h6,9-10,12-14H,4-5,7-8,11H2,1-3H3. The second kappa shape index (κ2) is 7.34. The molecule has 0 unspecified atom stereocenters. The van der Waals surface area contributed by atoms with Gasteiger partial charge in [-0.05, 0) is 12.8 Å². The molecule has 0 saturated carbocycles. The van der Waals surface area contributed by atoms with Crippen LogP contribution in [0.4, 0.5) is 11.6 Å². The first-order valence-electron chi connectivity index (χ1n) is 9.20. The molecule has 0 radical (unpaired) electrons. The summed E-state index contributed by atoms with van der Waals surface area (Å²) in [5.74, 6) is 4.37. The predicted molar refractivity (Wildman–Crippen MR) is 103 cm³/mol. The molecule has 0 bridgehead atoms. The van der Waals surface area contributed by atoms with Gasteiger partial charge in [-0.2, -0.15) is 0 Å². The van der Waals surface area contributed by atoms with Gasteiger partial charge in [0.05, 0.1) is 12.9 Å². The van der Waals surface area contributed by atoms with Crippen LogP contribution < -0.4 is 9.80 Å². The average molecular weight is 367 g/mol. The number of imidazole rings is 1. The lowest BCUT2D eigenvalue weighted by molar-refractivity contribution is 0.470. The van der Waals surface area contributed by atoms with Gasteiger partial charge in [-0.25, -0.2) is 15.0 Å². The highest BCUT2D eigenvalue weighted by Gasteiger charge is 2.26. The Morgan fingerprint density at radius 2 is 1.96 bits per heavy atom. The number of hydrogen-bond donors (Lipinski definition) is 0. The maximum Gasteiger partial charge on any atom is 0.152 e. The molecule has 1 aliphatic rings. The Kier molecular flexibility index (Phi) is 4.74. The summed E-state index contributed by atoms with van der Waals surface area (Å²) in [6.07, 6.45) is 9.24. The zero-order chi connectivity index (χ0) is 18.8. The Balaban J connectivity index is 1.42. The zero-order valence-electron chi connectivity index (χ0n) is 16.0. The van der Waals surface area contributed by atoms with E-state index < -0.39 is 0 Å². The van der Waals surface area contributed by atoms with Crippen LogP contribution in [0.1, 0.15) is 30.4 Å². The minimum atomic E-state index is 0.422. The van der Waals surface area contributed by atoms with Crippen molar-refractivity contribution in [1.29, 1.82) is 0 Å². The van der Waals surface area contributed by atoms with Crippen LogP contribution in [0, 0.1) is 0 Å². The second-order valence-corrected chi connectivity index (χ2v) is 7.16. The highest BCUT2D eigenvalue weighted by atomic mass is 15.3. The van der Waals surface area contributed by atoms with E-state index in [1.807, 2.05) is 35.8 Å². The fourth-order valence-electron chi connectivity index (χ4n) is 3.53.